The highest BCUT2D eigenvalue weighted by molar-refractivity contribution is 6.00. The van der Waals surface area contributed by atoms with E-state index in [2.05, 4.69) is 5.32 Å². The van der Waals surface area contributed by atoms with Crippen LogP contribution in [0.5, 0.6) is 0 Å². The maximum Gasteiger partial charge on any atom is 0.292 e. The number of hydrogen-bond acceptors (Lipinski definition) is 6. The second kappa shape index (κ2) is 6.61. The minimum absolute atomic E-state index is 0.00584. The van der Waals surface area contributed by atoms with Gasteiger partial charge in [0.25, 0.3) is 11.6 Å². The number of fused-ring (bicyclic) bond motifs is 1. The van der Waals surface area contributed by atoms with E-state index >= 15 is 0 Å². The van der Waals surface area contributed by atoms with Crippen LogP contribution in [0.1, 0.15) is 28.8 Å². The number of anilines is 1. The van der Waals surface area contributed by atoms with Crippen LogP contribution < -0.4 is 10.2 Å². The smallest absolute Gasteiger partial charge is 0.292 e. The van der Waals surface area contributed by atoms with Crippen molar-refractivity contribution in [3.8, 4) is 0 Å². The number of amides is 1. The van der Waals surface area contributed by atoms with Gasteiger partial charge in [-0.2, -0.15) is 0 Å². The van der Waals surface area contributed by atoms with E-state index < -0.39 is 0 Å². The lowest BCUT2D eigenvalue weighted by Crippen LogP contribution is -2.43. The molecular weight excluding hydrogens is 324 g/mol. The van der Waals surface area contributed by atoms with Crippen molar-refractivity contribution < 1.29 is 14.5 Å². The van der Waals surface area contributed by atoms with Crippen LogP contribution >= 0.6 is 0 Å². The summed E-state index contributed by atoms with van der Waals surface area (Å²) >= 11 is 0. The molecule has 2 fully saturated rings. The van der Waals surface area contributed by atoms with Gasteiger partial charge in [0, 0.05) is 37.3 Å². The average Bonchev–Trinajstić information content (AvgIpc) is 2.98. The second-order valence-electron chi connectivity index (χ2n) is 6.77. The first-order valence-corrected chi connectivity index (χ1v) is 8.81. The molecule has 25 heavy (non-hydrogen) atoms. The summed E-state index contributed by atoms with van der Waals surface area (Å²) in [6, 6.07) is 3.54. The van der Waals surface area contributed by atoms with Crippen molar-refractivity contribution in [3.63, 3.8) is 0 Å². The Kier molecular flexibility index (Phi) is 4.30. The highest BCUT2D eigenvalue weighted by Crippen LogP contribution is 2.37. The number of nitrogens with zero attached hydrogens (tertiary/aromatic N) is 3. The number of ether oxygens (including phenoxy) is 1. The van der Waals surface area contributed by atoms with Crippen LogP contribution in [-0.2, 0) is 11.3 Å². The standard InChI is InChI=1S/C17H22N4O4/c22-17-14-10-15(19-5-7-25-8-6-19)16(21(23)24)9-12(14)11-20(17)13-1-3-18-4-2-13/h9-10,13,18H,1-8,11H2. The number of carbonyl (C=O) groups excluding carboxylic acids is 1. The van der Waals surface area contributed by atoms with Gasteiger partial charge in [0.05, 0.1) is 18.1 Å². The van der Waals surface area contributed by atoms with Gasteiger partial charge in [-0.1, -0.05) is 0 Å². The Labute approximate surface area is 145 Å². The lowest BCUT2D eigenvalue weighted by atomic mass is 10.1. The summed E-state index contributed by atoms with van der Waals surface area (Å²) in [5.74, 6) is 0.00584. The molecule has 8 nitrogen and oxygen atoms in total. The molecule has 1 N–H and O–H groups in total. The Morgan fingerprint density at radius 1 is 1.20 bits per heavy atom. The Balaban J connectivity index is 1.67. The van der Waals surface area contributed by atoms with Gasteiger partial charge in [0.2, 0.25) is 0 Å². The zero-order chi connectivity index (χ0) is 17.4. The monoisotopic (exact) mass is 346 g/mol. The average molecular weight is 346 g/mol. The Bertz CT molecular complexity index is 696. The Morgan fingerprint density at radius 3 is 2.60 bits per heavy atom. The van der Waals surface area contributed by atoms with Gasteiger partial charge in [0.1, 0.15) is 5.69 Å². The number of nitro groups is 1. The van der Waals surface area contributed by atoms with Crippen molar-refractivity contribution in [3.05, 3.63) is 33.4 Å². The van der Waals surface area contributed by atoms with Gasteiger partial charge in [-0.05, 0) is 37.6 Å². The first-order valence-electron chi connectivity index (χ1n) is 8.81. The molecule has 0 bridgehead atoms. The molecule has 3 aliphatic heterocycles. The van der Waals surface area contributed by atoms with Crippen LogP contribution in [0.4, 0.5) is 11.4 Å². The number of hydrogen-bond donors (Lipinski definition) is 1. The fourth-order valence-corrected chi connectivity index (χ4v) is 3.98. The zero-order valence-electron chi connectivity index (χ0n) is 14.1. The highest BCUT2D eigenvalue weighted by atomic mass is 16.6. The lowest BCUT2D eigenvalue weighted by Gasteiger charge is -2.31. The van der Waals surface area contributed by atoms with E-state index in [4.69, 9.17) is 4.74 Å². The fourth-order valence-electron chi connectivity index (χ4n) is 3.98. The van der Waals surface area contributed by atoms with E-state index in [0.29, 0.717) is 44.1 Å². The molecule has 3 heterocycles. The van der Waals surface area contributed by atoms with Gasteiger partial charge in [-0.25, -0.2) is 0 Å². The third-order valence-electron chi connectivity index (χ3n) is 5.33. The molecule has 0 aromatic heterocycles. The quantitative estimate of drug-likeness (QED) is 0.652. The molecule has 134 valence electrons. The van der Waals surface area contributed by atoms with Crippen molar-refractivity contribution in [2.75, 3.05) is 44.3 Å². The predicted molar refractivity (Wildman–Crippen MR) is 91.9 cm³/mol. The third-order valence-corrected chi connectivity index (χ3v) is 5.33. The number of nitro benzene ring substituents is 1. The number of rotatable bonds is 3. The van der Waals surface area contributed by atoms with E-state index in [0.717, 1.165) is 31.5 Å². The molecule has 1 aromatic carbocycles. The molecule has 4 rings (SSSR count). The van der Waals surface area contributed by atoms with Crippen molar-refractivity contribution in [2.24, 2.45) is 0 Å². The number of benzene rings is 1. The Hall–Kier alpha value is -2.19. The van der Waals surface area contributed by atoms with Gasteiger partial charge < -0.3 is 19.9 Å². The van der Waals surface area contributed by atoms with Crippen LogP contribution in [0, 0.1) is 10.1 Å². The summed E-state index contributed by atoms with van der Waals surface area (Å²) in [5, 5.41) is 14.9. The summed E-state index contributed by atoms with van der Waals surface area (Å²) in [5.41, 5.74) is 2.01. The van der Waals surface area contributed by atoms with E-state index in [-0.39, 0.29) is 22.6 Å². The van der Waals surface area contributed by atoms with Crippen LogP contribution in [0.3, 0.4) is 0 Å². The molecule has 8 heteroatoms. The molecular formula is C17H22N4O4. The molecule has 0 unspecified atom stereocenters. The van der Waals surface area contributed by atoms with E-state index in [1.807, 2.05) is 9.80 Å². The topological polar surface area (TPSA) is 88.0 Å². The Morgan fingerprint density at radius 2 is 1.92 bits per heavy atom. The summed E-state index contributed by atoms with van der Waals surface area (Å²) in [6.45, 7) is 4.58. The van der Waals surface area contributed by atoms with Gasteiger partial charge >= 0.3 is 0 Å². The van der Waals surface area contributed by atoms with Crippen molar-refractivity contribution in [1.82, 2.24) is 10.2 Å². The van der Waals surface area contributed by atoms with E-state index in [9.17, 15) is 14.9 Å². The minimum Gasteiger partial charge on any atom is -0.378 e. The zero-order valence-corrected chi connectivity index (χ0v) is 14.1. The first-order chi connectivity index (χ1) is 12.1. The summed E-state index contributed by atoms with van der Waals surface area (Å²) in [4.78, 5) is 28.0. The molecule has 0 aliphatic carbocycles. The van der Waals surface area contributed by atoms with Crippen LogP contribution in [0.15, 0.2) is 12.1 Å². The third kappa shape index (κ3) is 2.96. The number of morpholine rings is 1. The minimum atomic E-state index is -0.345. The van der Waals surface area contributed by atoms with Crippen LogP contribution in [-0.4, -0.2) is 61.2 Å². The van der Waals surface area contributed by atoms with Gasteiger partial charge in [-0.3, -0.25) is 14.9 Å². The summed E-state index contributed by atoms with van der Waals surface area (Å²) < 4.78 is 5.34. The maximum atomic E-state index is 12.9. The SMILES string of the molecule is O=C1c2cc(N3CCOCC3)c([N+](=O)[O-])cc2CN1C1CCNCC1. The molecule has 3 aliphatic rings. The van der Waals surface area contributed by atoms with Crippen molar-refractivity contribution in [1.29, 1.82) is 0 Å². The summed E-state index contributed by atoms with van der Waals surface area (Å²) in [7, 11) is 0. The molecule has 2 saturated heterocycles. The molecule has 1 aromatic rings. The molecule has 0 atom stereocenters. The fraction of sp³-hybridized carbons (Fsp3) is 0.588. The molecule has 0 saturated carbocycles. The van der Waals surface area contributed by atoms with Crippen molar-refractivity contribution in [2.45, 2.75) is 25.4 Å². The van der Waals surface area contributed by atoms with Crippen molar-refractivity contribution >= 4 is 17.3 Å². The van der Waals surface area contributed by atoms with Gasteiger partial charge in [0.15, 0.2) is 0 Å². The predicted octanol–water partition coefficient (Wildman–Crippen LogP) is 1.14. The number of nitrogens with one attached hydrogen (secondary N) is 1. The number of carbonyl (C=O) groups is 1. The lowest BCUT2D eigenvalue weighted by molar-refractivity contribution is -0.384. The largest absolute Gasteiger partial charge is 0.378 e. The molecule has 0 spiro atoms. The summed E-state index contributed by atoms with van der Waals surface area (Å²) in [6.07, 6.45) is 1.86. The second-order valence-corrected chi connectivity index (χ2v) is 6.77. The highest BCUT2D eigenvalue weighted by Gasteiger charge is 2.36. The maximum absolute atomic E-state index is 12.9. The first kappa shape index (κ1) is 16.3. The van der Waals surface area contributed by atoms with E-state index in [1.54, 1.807) is 12.1 Å². The molecule has 1 amide bonds. The van der Waals surface area contributed by atoms with Crippen LogP contribution in [0.25, 0.3) is 0 Å². The molecule has 0 radical (unpaired) electrons. The van der Waals surface area contributed by atoms with Gasteiger partial charge in [-0.15, -0.1) is 0 Å². The normalized spacial score (nSPS) is 21.5. The number of piperidine rings is 1. The van der Waals surface area contributed by atoms with Crippen LogP contribution in [0.2, 0.25) is 0 Å². The van der Waals surface area contributed by atoms with E-state index in [1.165, 1.54) is 0 Å².